The number of rotatable bonds is 54. The Hall–Kier alpha value is -4.63. The molecule has 0 fully saturated rings. The third kappa shape index (κ3) is 62.6. The number of quaternary nitrogens is 1. The van der Waals surface area contributed by atoms with E-state index in [1.165, 1.54) is 44.9 Å². The van der Waals surface area contributed by atoms with Gasteiger partial charge in [0.05, 0.1) is 27.7 Å². The van der Waals surface area contributed by atoms with Gasteiger partial charge in [-0.1, -0.05) is 242 Å². The van der Waals surface area contributed by atoms with Crippen LogP contribution >= 0.6 is 7.82 Å². The van der Waals surface area contributed by atoms with E-state index in [0.29, 0.717) is 23.9 Å². The number of ether oxygens (including phenoxy) is 2. The fraction of sp³-hybridized carbons (Fsp3) is 0.571. The fourth-order valence-corrected chi connectivity index (χ4v) is 8.29. The second kappa shape index (κ2) is 59.0. The van der Waals surface area contributed by atoms with Crippen molar-refractivity contribution < 1.29 is 42.1 Å². The number of esters is 2. The van der Waals surface area contributed by atoms with Gasteiger partial charge in [-0.2, -0.15) is 0 Å². The van der Waals surface area contributed by atoms with E-state index in [9.17, 15) is 19.0 Å². The first-order valence-electron chi connectivity index (χ1n) is 30.8. The molecule has 0 amide bonds. The highest BCUT2D eigenvalue weighted by Gasteiger charge is 2.21. The number of likely N-dealkylation sites (N-methyl/N-ethyl adjacent to an activating group) is 1. The summed E-state index contributed by atoms with van der Waals surface area (Å²) in [5.74, 6) is -0.920. The van der Waals surface area contributed by atoms with E-state index in [-0.39, 0.29) is 26.1 Å². The molecule has 2 atom stereocenters. The van der Waals surface area contributed by atoms with E-state index in [1.807, 2.05) is 21.1 Å². The Bertz CT molecular complexity index is 1950. The van der Waals surface area contributed by atoms with Crippen molar-refractivity contribution in [2.45, 2.75) is 213 Å². The van der Waals surface area contributed by atoms with Gasteiger partial charge in [-0.25, -0.2) is 0 Å². The number of phosphoric acid groups is 1. The molecule has 0 aliphatic carbocycles. The van der Waals surface area contributed by atoms with Crippen LogP contribution in [-0.4, -0.2) is 70.0 Å². The van der Waals surface area contributed by atoms with Crippen molar-refractivity contribution in [1.29, 1.82) is 0 Å². The molecular weight excluding hydrogens is 1010 g/mol. The molecule has 80 heavy (non-hydrogen) atoms. The summed E-state index contributed by atoms with van der Waals surface area (Å²) in [4.78, 5) is 37.9. The van der Waals surface area contributed by atoms with Crippen LogP contribution < -0.4 is 4.89 Å². The van der Waals surface area contributed by atoms with Crippen LogP contribution in [0.1, 0.15) is 206 Å². The van der Waals surface area contributed by atoms with E-state index < -0.39 is 32.5 Å². The predicted molar refractivity (Wildman–Crippen MR) is 341 cm³/mol. The molecule has 450 valence electrons. The maximum Gasteiger partial charge on any atom is 0.306 e. The summed E-state index contributed by atoms with van der Waals surface area (Å²) in [6.45, 7) is 3.92. The number of carbonyl (C=O) groups is 2. The smallest absolute Gasteiger partial charge is 0.306 e. The van der Waals surface area contributed by atoms with Crippen molar-refractivity contribution >= 4 is 19.8 Å². The lowest BCUT2D eigenvalue weighted by Gasteiger charge is -2.28. The van der Waals surface area contributed by atoms with Crippen LogP contribution in [0.3, 0.4) is 0 Å². The molecule has 0 aliphatic rings. The van der Waals surface area contributed by atoms with Gasteiger partial charge in [0.25, 0.3) is 7.82 Å². The summed E-state index contributed by atoms with van der Waals surface area (Å²) in [5.41, 5.74) is 0. The van der Waals surface area contributed by atoms with E-state index in [2.05, 4.69) is 184 Å². The minimum absolute atomic E-state index is 0.0503. The summed E-state index contributed by atoms with van der Waals surface area (Å²) >= 11 is 0. The van der Waals surface area contributed by atoms with Crippen LogP contribution in [0.15, 0.2) is 170 Å². The normalized spacial score (nSPS) is 14.4. The Kier molecular flexibility index (Phi) is 55.6. The minimum atomic E-state index is -4.67. The highest BCUT2D eigenvalue weighted by molar-refractivity contribution is 7.45. The van der Waals surface area contributed by atoms with Gasteiger partial charge in [-0.15, -0.1) is 0 Å². The Morgan fingerprint density at radius 3 is 1.04 bits per heavy atom. The first-order valence-corrected chi connectivity index (χ1v) is 32.3. The van der Waals surface area contributed by atoms with Crippen molar-refractivity contribution in [1.82, 2.24) is 0 Å². The molecule has 9 nitrogen and oxygen atoms in total. The molecule has 10 heteroatoms. The van der Waals surface area contributed by atoms with E-state index in [0.717, 1.165) is 122 Å². The summed E-state index contributed by atoms with van der Waals surface area (Å²) in [7, 11) is 1.11. The molecule has 0 aromatic carbocycles. The van der Waals surface area contributed by atoms with E-state index in [4.69, 9.17) is 18.5 Å². The van der Waals surface area contributed by atoms with Crippen LogP contribution in [0, 0.1) is 0 Å². The zero-order valence-electron chi connectivity index (χ0n) is 50.9. The van der Waals surface area contributed by atoms with Crippen molar-refractivity contribution in [3.8, 4) is 0 Å². The number of hydrogen-bond donors (Lipinski definition) is 0. The Morgan fingerprint density at radius 1 is 0.388 bits per heavy atom. The summed E-state index contributed by atoms with van der Waals surface area (Å²) < 4.78 is 34.1. The van der Waals surface area contributed by atoms with Crippen LogP contribution in [0.2, 0.25) is 0 Å². The third-order valence-corrected chi connectivity index (χ3v) is 13.2. The maximum absolute atomic E-state index is 12.8. The third-order valence-electron chi connectivity index (χ3n) is 12.2. The number of phosphoric ester groups is 1. The molecule has 0 N–H and O–H groups in total. The van der Waals surface area contributed by atoms with Gasteiger partial charge in [0, 0.05) is 12.8 Å². The molecule has 0 aromatic rings. The van der Waals surface area contributed by atoms with Crippen LogP contribution in [0.4, 0.5) is 0 Å². The molecule has 0 radical (unpaired) electrons. The summed E-state index contributed by atoms with van der Waals surface area (Å²) in [6, 6.07) is 0. The van der Waals surface area contributed by atoms with Crippen molar-refractivity contribution in [2.75, 3.05) is 47.5 Å². The van der Waals surface area contributed by atoms with Crippen LogP contribution in [0.5, 0.6) is 0 Å². The average molecular weight is 1130 g/mol. The number of allylic oxidation sites excluding steroid dienone is 28. The molecule has 0 heterocycles. The zero-order valence-corrected chi connectivity index (χ0v) is 51.8. The Balaban J connectivity index is 4.25. The van der Waals surface area contributed by atoms with Gasteiger partial charge in [0.1, 0.15) is 19.8 Å². The number of nitrogens with zero attached hydrogens (tertiary/aromatic N) is 1. The first kappa shape index (κ1) is 75.4. The topological polar surface area (TPSA) is 111 Å². The predicted octanol–water partition coefficient (Wildman–Crippen LogP) is 19.2. The molecule has 0 saturated heterocycles. The van der Waals surface area contributed by atoms with Crippen LogP contribution in [0.25, 0.3) is 0 Å². The Morgan fingerprint density at radius 2 is 0.688 bits per heavy atom. The molecule has 0 bridgehead atoms. The Labute approximate surface area is 489 Å². The maximum atomic E-state index is 12.8. The number of carbonyl (C=O) groups excluding carboxylic acids is 2. The lowest BCUT2D eigenvalue weighted by Crippen LogP contribution is -2.37. The van der Waals surface area contributed by atoms with E-state index in [1.54, 1.807) is 0 Å². The highest BCUT2D eigenvalue weighted by atomic mass is 31.2. The van der Waals surface area contributed by atoms with Gasteiger partial charge < -0.3 is 27.9 Å². The van der Waals surface area contributed by atoms with Gasteiger partial charge in [-0.05, 0) is 122 Å². The van der Waals surface area contributed by atoms with Crippen LogP contribution in [-0.2, 0) is 32.7 Å². The second-order valence-corrected chi connectivity index (χ2v) is 22.4. The molecule has 0 saturated carbocycles. The quantitative estimate of drug-likeness (QED) is 0.0195. The SMILES string of the molecule is CC/C=C\C/C=C\C/C=C\C/C=C\C/C=C\C/C=C\C/C=C\CCCCCCCCCCCCCC(=O)OC(COC(=O)CCC/C=C\C/C=C\C/C=C\C/C=C\C/C=C\C/C=C\C/C=C\CC)COP(=O)([O-])OCC[N+](C)(C)C. The van der Waals surface area contributed by atoms with Crippen molar-refractivity contribution in [2.24, 2.45) is 0 Å². The van der Waals surface area contributed by atoms with Gasteiger partial charge >= 0.3 is 11.9 Å². The van der Waals surface area contributed by atoms with Crippen molar-refractivity contribution in [3.05, 3.63) is 170 Å². The molecule has 0 aromatic heterocycles. The second-order valence-electron chi connectivity index (χ2n) is 20.9. The summed E-state index contributed by atoms with van der Waals surface area (Å²) in [6.07, 6.45) is 89.8. The number of hydrogen-bond acceptors (Lipinski definition) is 8. The first-order chi connectivity index (χ1) is 39.0. The number of unbranched alkanes of at least 4 members (excludes halogenated alkanes) is 12. The molecule has 2 unspecified atom stereocenters. The fourth-order valence-electron chi connectivity index (χ4n) is 7.57. The largest absolute Gasteiger partial charge is 0.756 e. The monoisotopic (exact) mass is 1130 g/mol. The molecule has 0 aliphatic heterocycles. The van der Waals surface area contributed by atoms with Gasteiger partial charge in [0.15, 0.2) is 6.10 Å². The van der Waals surface area contributed by atoms with Crippen molar-refractivity contribution in [3.63, 3.8) is 0 Å². The zero-order chi connectivity index (χ0) is 58.4. The van der Waals surface area contributed by atoms with Gasteiger partial charge in [0.2, 0.25) is 0 Å². The highest BCUT2D eigenvalue weighted by Crippen LogP contribution is 2.38. The molecule has 0 rings (SSSR count). The van der Waals surface area contributed by atoms with E-state index >= 15 is 0 Å². The molecular formula is C70H112NO8P. The van der Waals surface area contributed by atoms with Gasteiger partial charge in [-0.3, -0.25) is 14.2 Å². The lowest BCUT2D eigenvalue weighted by molar-refractivity contribution is -0.870. The average Bonchev–Trinajstić information content (AvgIpc) is 3.42. The standard InChI is InChI=1S/C70H112NO8P/c1-6-8-10-12-14-16-18-20-22-24-26-28-30-31-32-33-34-35-36-37-38-39-41-43-45-47-49-51-53-55-57-59-61-63-70(73)79-68(67-78-80(74,75)77-65-64-71(3,4)5)66-76-69(72)62-60-58-56-54-52-50-48-46-44-42-40-29-27-25-23-21-19-17-15-13-11-9-7-2/h8-11,14-17,20-23,26-29,31-32,34-35,37-38,42,44,48,50,54,56,68H,6-7,12-13,18-19,24-25,30,33,36,39-41,43,45-47,49,51-53,55,57-67H2,1-5H3/b10-8-,11-9-,16-14-,17-15-,22-20-,23-21-,28-26-,29-27-,32-31-,35-34-,38-37-,44-42-,50-48-,56-54-. The minimum Gasteiger partial charge on any atom is -0.756 e. The lowest BCUT2D eigenvalue weighted by atomic mass is 10.0. The summed E-state index contributed by atoms with van der Waals surface area (Å²) in [5, 5.41) is 0. The molecule has 0 spiro atoms.